The number of nitrogens with one attached hydrogen (secondary N) is 1. The average molecular weight is 407 g/mol. The molecule has 1 fully saturated rings. The van der Waals surface area contributed by atoms with E-state index in [-0.39, 0.29) is 10.8 Å². The summed E-state index contributed by atoms with van der Waals surface area (Å²) >= 11 is 1.65. The third kappa shape index (κ3) is 4.25. The van der Waals surface area contributed by atoms with Crippen molar-refractivity contribution in [3.05, 3.63) is 45.6 Å². The van der Waals surface area contributed by atoms with Gasteiger partial charge in [0.05, 0.1) is 10.5 Å². The Morgan fingerprint density at radius 3 is 2.56 bits per heavy atom. The van der Waals surface area contributed by atoms with E-state index in [0.29, 0.717) is 22.7 Å². The Balaban J connectivity index is 1.80. The lowest BCUT2D eigenvalue weighted by Crippen LogP contribution is -2.23. The van der Waals surface area contributed by atoms with E-state index in [1.54, 1.807) is 36.5 Å². The summed E-state index contributed by atoms with van der Waals surface area (Å²) in [7, 11) is -0.560. The number of nitrogens with zero attached hydrogens (tertiary/aromatic N) is 1. The largest absolute Gasteiger partial charge is 0.322 e. The first-order chi connectivity index (χ1) is 12.8. The third-order valence-electron chi connectivity index (χ3n) is 5.18. The number of benzene rings is 1. The molecule has 1 heterocycles. The van der Waals surface area contributed by atoms with Gasteiger partial charge in [-0.2, -0.15) is 0 Å². The van der Waals surface area contributed by atoms with E-state index in [1.165, 1.54) is 55.4 Å². The number of carbonyl (C=O) groups excluding carboxylic acids is 1. The predicted molar refractivity (Wildman–Crippen MR) is 110 cm³/mol. The molecule has 27 heavy (non-hydrogen) atoms. The highest BCUT2D eigenvalue weighted by Crippen LogP contribution is 2.36. The van der Waals surface area contributed by atoms with Gasteiger partial charge in [0.1, 0.15) is 0 Å². The lowest BCUT2D eigenvalue weighted by molar-refractivity contribution is 0.102. The average Bonchev–Trinajstić information content (AvgIpc) is 3.14. The molecular formula is C20H26N2O3S2. The fourth-order valence-corrected chi connectivity index (χ4v) is 5.70. The molecule has 7 heteroatoms. The van der Waals surface area contributed by atoms with E-state index in [1.807, 2.05) is 11.4 Å². The van der Waals surface area contributed by atoms with Gasteiger partial charge in [0.2, 0.25) is 10.0 Å². The van der Waals surface area contributed by atoms with Crippen LogP contribution in [0.4, 0.5) is 5.69 Å². The molecule has 3 rings (SSSR count). The molecule has 1 aromatic heterocycles. The molecule has 1 aliphatic carbocycles. The van der Waals surface area contributed by atoms with Gasteiger partial charge in [0, 0.05) is 30.0 Å². The SMILES string of the molecule is Cc1c(NC(=O)c2csc(C3CCCCC3)c2)cccc1S(=O)(=O)N(C)C. The van der Waals surface area contributed by atoms with E-state index < -0.39 is 10.0 Å². The lowest BCUT2D eigenvalue weighted by Gasteiger charge is -2.19. The number of hydrogen-bond donors (Lipinski definition) is 1. The van der Waals surface area contributed by atoms with Crippen LogP contribution >= 0.6 is 11.3 Å². The number of thiophene rings is 1. The van der Waals surface area contributed by atoms with Crippen molar-refractivity contribution in [2.45, 2.75) is 49.8 Å². The third-order valence-corrected chi connectivity index (χ3v) is 8.24. The minimum Gasteiger partial charge on any atom is -0.322 e. The van der Waals surface area contributed by atoms with Gasteiger partial charge in [-0.25, -0.2) is 12.7 Å². The monoisotopic (exact) mass is 406 g/mol. The Labute approximate surface area is 165 Å². The molecule has 1 aliphatic rings. The minimum atomic E-state index is -3.56. The Morgan fingerprint density at radius 1 is 1.19 bits per heavy atom. The summed E-state index contributed by atoms with van der Waals surface area (Å²) in [6.45, 7) is 1.72. The van der Waals surface area contributed by atoms with Crippen LogP contribution in [0, 0.1) is 6.92 Å². The normalized spacial score (nSPS) is 15.9. The van der Waals surface area contributed by atoms with Crippen molar-refractivity contribution in [3.63, 3.8) is 0 Å². The molecule has 0 spiro atoms. The summed E-state index contributed by atoms with van der Waals surface area (Å²) in [5, 5.41) is 4.78. The maximum atomic E-state index is 12.7. The van der Waals surface area contributed by atoms with Crippen molar-refractivity contribution in [1.29, 1.82) is 0 Å². The predicted octanol–water partition coefficient (Wildman–Crippen LogP) is 4.61. The first-order valence-electron chi connectivity index (χ1n) is 9.22. The van der Waals surface area contributed by atoms with Crippen molar-refractivity contribution in [1.82, 2.24) is 4.31 Å². The smallest absolute Gasteiger partial charge is 0.256 e. The van der Waals surface area contributed by atoms with Crippen LogP contribution in [0.1, 0.15) is 58.8 Å². The van der Waals surface area contributed by atoms with E-state index >= 15 is 0 Å². The number of carbonyl (C=O) groups is 1. The van der Waals surface area contributed by atoms with Gasteiger partial charge in [0.15, 0.2) is 0 Å². The van der Waals surface area contributed by atoms with Crippen molar-refractivity contribution in [3.8, 4) is 0 Å². The second-order valence-corrected chi connectivity index (χ2v) is 10.3. The molecular weight excluding hydrogens is 380 g/mol. The van der Waals surface area contributed by atoms with Crippen LogP contribution in [0.5, 0.6) is 0 Å². The Morgan fingerprint density at radius 2 is 1.89 bits per heavy atom. The molecule has 2 aromatic rings. The summed E-state index contributed by atoms with van der Waals surface area (Å²) in [5.41, 5.74) is 1.71. The quantitative estimate of drug-likeness (QED) is 0.789. The van der Waals surface area contributed by atoms with Crippen LogP contribution in [0.25, 0.3) is 0 Å². The summed E-state index contributed by atoms with van der Waals surface area (Å²) in [4.78, 5) is 14.2. The number of anilines is 1. The molecule has 1 saturated carbocycles. The van der Waals surface area contributed by atoms with Gasteiger partial charge >= 0.3 is 0 Å². The minimum absolute atomic E-state index is 0.198. The van der Waals surface area contributed by atoms with Gasteiger partial charge in [0.25, 0.3) is 5.91 Å². The van der Waals surface area contributed by atoms with E-state index in [9.17, 15) is 13.2 Å². The van der Waals surface area contributed by atoms with Crippen LogP contribution in [0.15, 0.2) is 34.5 Å². The molecule has 0 radical (unpaired) electrons. The zero-order valence-corrected chi connectivity index (χ0v) is 17.6. The maximum absolute atomic E-state index is 12.7. The molecule has 146 valence electrons. The van der Waals surface area contributed by atoms with Crippen LogP contribution < -0.4 is 5.32 Å². The van der Waals surface area contributed by atoms with Crippen molar-refractivity contribution < 1.29 is 13.2 Å². The van der Waals surface area contributed by atoms with Crippen LogP contribution in [-0.2, 0) is 10.0 Å². The first-order valence-corrected chi connectivity index (χ1v) is 11.5. The number of hydrogen-bond acceptors (Lipinski definition) is 4. The summed E-state index contributed by atoms with van der Waals surface area (Å²) in [6, 6.07) is 6.94. The molecule has 5 nitrogen and oxygen atoms in total. The van der Waals surface area contributed by atoms with Crippen LogP contribution in [-0.4, -0.2) is 32.7 Å². The van der Waals surface area contributed by atoms with Gasteiger partial charge < -0.3 is 5.32 Å². The van der Waals surface area contributed by atoms with Gasteiger partial charge in [-0.15, -0.1) is 11.3 Å². The van der Waals surface area contributed by atoms with Crippen molar-refractivity contribution in [2.24, 2.45) is 0 Å². The second-order valence-electron chi connectivity index (χ2n) is 7.24. The zero-order valence-electron chi connectivity index (χ0n) is 16.0. The molecule has 0 atom stereocenters. The fraction of sp³-hybridized carbons (Fsp3) is 0.450. The number of rotatable bonds is 5. The fourth-order valence-electron chi connectivity index (χ4n) is 3.49. The highest BCUT2D eigenvalue weighted by molar-refractivity contribution is 7.89. The second kappa shape index (κ2) is 8.12. The van der Waals surface area contributed by atoms with E-state index in [2.05, 4.69) is 5.32 Å². The van der Waals surface area contributed by atoms with Crippen LogP contribution in [0.2, 0.25) is 0 Å². The van der Waals surface area contributed by atoms with Gasteiger partial charge in [-0.1, -0.05) is 25.3 Å². The van der Waals surface area contributed by atoms with E-state index in [0.717, 1.165) is 0 Å². The topological polar surface area (TPSA) is 66.5 Å². The lowest BCUT2D eigenvalue weighted by atomic mass is 9.88. The molecule has 0 aliphatic heterocycles. The maximum Gasteiger partial charge on any atom is 0.256 e. The molecule has 0 saturated heterocycles. The van der Waals surface area contributed by atoms with Crippen molar-refractivity contribution >= 4 is 33.0 Å². The molecule has 0 unspecified atom stereocenters. The standard InChI is InChI=1S/C20H26N2O3S2/c1-14-17(10-7-11-19(14)27(24,25)22(2)3)21-20(23)16-12-18(26-13-16)15-8-5-4-6-9-15/h7,10-13,15H,4-6,8-9H2,1-3H3,(H,21,23). The number of amides is 1. The summed E-state index contributed by atoms with van der Waals surface area (Å²) in [6.07, 6.45) is 6.23. The number of sulfonamides is 1. The Hall–Kier alpha value is -1.70. The first kappa shape index (κ1) is 20.0. The highest BCUT2D eigenvalue weighted by Gasteiger charge is 2.22. The summed E-state index contributed by atoms with van der Waals surface area (Å²) < 4.78 is 26.1. The molecule has 1 amide bonds. The van der Waals surface area contributed by atoms with Crippen molar-refractivity contribution in [2.75, 3.05) is 19.4 Å². The van der Waals surface area contributed by atoms with Gasteiger partial charge in [-0.3, -0.25) is 4.79 Å². The molecule has 1 N–H and O–H groups in total. The Bertz CT molecular complexity index is 926. The zero-order chi connectivity index (χ0) is 19.6. The van der Waals surface area contributed by atoms with E-state index in [4.69, 9.17) is 0 Å². The Kier molecular flexibility index (Phi) is 6.03. The molecule has 1 aromatic carbocycles. The highest BCUT2D eigenvalue weighted by atomic mass is 32.2. The van der Waals surface area contributed by atoms with Gasteiger partial charge in [-0.05, 0) is 49.4 Å². The molecule has 0 bridgehead atoms. The van der Waals surface area contributed by atoms with Crippen LogP contribution in [0.3, 0.4) is 0 Å². The summed E-state index contributed by atoms with van der Waals surface area (Å²) in [5.74, 6) is 0.372.